The van der Waals surface area contributed by atoms with Gasteiger partial charge in [0.1, 0.15) is 6.07 Å². The maximum Gasteiger partial charge on any atom is 0.265 e. The Hall–Kier alpha value is -3.60. The van der Waals surface area contributed by atoms with Crippen molar-refractivity contribution in [1.29, 1.82) is 5.26 Å². The Morgan fingerprint density at radius 2 is 2.00 bits per heavy atom. The molecule has 8 heteroatoms. The summed E-state index contributed by atoms with van der Waals surface area (Å²) in [5, 5.41) is 14.0. The molecule has 0 saturated carbocycles. The molecule has 1 N–H and O–H groups in total. The molecule has 0 unspecified atom stereocenters. The van der Waals surface area contributed by atoms with Gasteiger partial charge in [-0.25, -0.2) is 4.98 Å². The van der Waals surface area contributed by atoms with Crippen molar-refractivity contribution < 1.29 is 4.74 Å². The van der Waals surface area contributed by atoms with Crippen molar-refractivity contribution >= 4 is 45.9 Å². The minimum absolute atomic E-state index is 0.228. The van der Waals surface area contributed by atoms with Crippen LogP contribution in [0.4, 0.5) is 11.4 Å². The number of nitrogens with zero attached hydrogens (tertiary/aromatic N) is 4. The van der Waals surface area contributed by atoms with E-state index < -0.39 is 0 Å². The molecule has 0 atom stereocenters. The van der Waals surface area contributed by atoms with Gasteiger partial charge in [-0.2, -0.15) is 5.26 Å². The molecule has 0 bridgehead atoms. The van der Waals surface area contributed by atoms with E-state index in [4.69, 9.17) is 16.3 Å². The summed E-state index contributed by atoms with van der Waals surface area (Å²) in [5.74, 6) is 0. The Labute approximate surface area is 189 Å². The van der Waals surface area contributed by atoms with Gasteiger partial charge in [-0.05, 0) is 42.8 Å². The van der Waals surface area contributed by atoms with Gasteiger partial charge in [0.2, 0.25) is 0 Å². The number of nitrogens with one attached hydrogen (secondary N) is 1. The summed E-state index contributed by atoms with van der Waals surface area (Å²) in [6.45, 7) is 4.73. The third-order valence-electron chi connectivity index (χ3n) is 5.79. The van der Waals surface area contributed by atoms with Crippen molar-refractivity contribution in [2.45, 2.75) is 6.92 Å². The number of hydrogen-bond donors (Lipinski definition) is 1. The van der Waals surface area contributed by atoms with E-state index in [0.717, 1.165) is 24.5 Å². The van der Waals surface area contributed by atoms with Crippen molar-refractivity contribution in [2.24, 2.45) is 0 Å². The number of anilines is 2. The zero-order valence-corrected chi connectivity index (χ0v) is 18.2. The van der Waals surface area contributed by atoms with Crippen LogP contribution in [0.3, 0.4) is 0 Å². The van der Waals surface area contributed by atoms with E-state index in [9.17, 15) is 10.1 Å². The molecule has 160 valence electrons. The highest BCUT2D eigenvalue weighted by Crippen LogP contribution is 2.29. The SMILES string of the molecule is Cc1c(C#N)c2nc3ccccc3n2c(=O)c1=CNc1ccc(N2CCOCC2)c(Cl)c1. The monoisotopic (exact) mass is 445 g/mol. The fraction of sp³-hybridized carbons (Fsp3) is 0.208. The zero-order chi connectivity index (χ0) is 22.2. The number of ether oxygens (including phenoxy) is 1. The first kappa shape index (κ1) is 20.3. The largest absolute Gasteiger partial charge is 0.378 e. The first-order valence-electron chi connectivity index (χ1n) is 10.3. The molecule has 2 aromatic carbocycles. The minimum Gasteiger partial charge on any atom is -0.378 e. The number of fused-ring (bicyclic) bond motifs is 3. The van der Waals surface area contributed by atoms with Crippen LogP contribution in [0.5, 0.6) is 0 Å². The quantitative estimate of drug-likeness (QED) is 0.522. The van der Waals surface area contributed by atoms with E-state index in [0.29, 0.717) is 51.3 Å². The molecule has 1 aliphatic rings. The van der Waals surface area contributed by atoms with Gasteiger partial charge < -0.3 is 15.0 Å². The van der Waals surface area contributed by atoms with Crippen LogP contribution in [0.1, 0.15) is 11.1 Å². The molecule has 4 aromatic rings. The predicted molar refractivity (Wildman–Crippen MR) is 126 cm³/mol. The average molecular weight is 446 g/mol. The van der Waals surface area contributed by atoms with Crippen LogP contribution in [-0.4, -0.2) is 35.7 Å². The number of hydrogen-bond acceptors (Lipinski definition) is 6. The molecule has 32 heavy (non-hydrogen) atoms. The maximum absolute atomic E-state index is 13.3. The van der Waals surface area contributed by atoms with Gasteiger partial charge in [0.25, 0.3) is 5.56 Å². The lowest BCUT2D eigenvalue weighted by Crippen LogP contribution is -2.36. The molecule has 5 rings (SSSR count). The fourth-order valence-corrected chi connectivity index (χ4v) is 4.40. The van der Waals surface area contributed by atoms with Crippen LogP contribution < -0.4 is 21.0 Å². The summed E-state index contributed by atoms with van der Waals surface area (Å²) in [6, 6.07) is 15.3. The Balaban J connectivity index is 1.58. The Morgan fingerprint density at radius 1 is 1.22 bits per heavy atom. The molecule has 2 aromatic heterocycles. The number of nitriles is 1. The summed E-state index contributed by atoms with van der Waals surface area (Å²) in [5.41, 5.74) is 4.19. The summed E-state index contributed by atoms with van der Waals surface area (Å²) < 4.78 is 6.91. The number of imidazole rings is 1. The molecule has 1 saturated heterocycles. The van der Waals surface area contributed by atoms with E-state index >= 15 is 0 Å². The van der Waals surface area contributed by atoms with Crippen LogP contribution >= 0.6 is 11.6 Å². The maximum atomic E-state index is 13.3. The molecule has 0 amide bonds. The molecular formula is C24H20ClN5O2. The fourth-order valence-electron chi connectivity index (χ4n) is 4.10. The van der Waals surface area contributed by atoms with Crippen molar-refractivity contribution in [1.82, 2.24) is 9.38 Å². The number of pyridine rings is 1. The normalized spacial score (nSPS) is 14.8. The highest BCUT2D eigenvalue weighted by atomic mass is 35.5. The van der Waals surface area contributed by atoms with E-state index in [1.54, 1.807) is 13.1 Å². The van der Waals surface area contributed by atoms with Crippen molar-refractivity contribution in [3.05, 3.63) is 74.2 Å². The molecule has 3 heterocycles. The van der Waals surface area contributed by atoms with Gasteiger partial charge in [0.05, 0.1) is 45.7 Å². The van der Waals surface area contributed by atoms with Crippen LogP contribution in [0.15, 0.2) is 47.3 Å². The molecule has 1 fully saturated rings. The van der Waals surface area contributed by atoms with E-state index in [1.807, 2.05) is 42.5 Å². The topological polar surface area (TPSA) is 82.7 Å². The second kappa shape index (κ2) is 8.15. The number of halogens is 1. The number of benzene rings is 2. The van der Waals surface area contributed by atoms with Crippen LogP contribution in [-0.2, 0) is 4.74 Å². The zero-order valence-electron chi connectivity index (χ0n) is 17.4. The predicted octanol–water partition coefficient (Wildman–Crippen LogP) is 3.09. The Bertz CT molecular complexity index is 1500. The Kier molecular flexibility index (Phi) is 5.17. The first-order chi connectivity index (χ1) is 15.6. The molecule has 1 aliphatic heterocycles. The van der Waals surface area contributed by atoms with E-state index in [-0.39, 0.29) is 5.56 Å². The van der Waals surface area contributed by atoms with Crippen molar-refractivity contribution in [3.63, 3.8) is 0 Å². The highest BCUT2D eigenvalue weighted by Gasteiger charge is 2.17. The number of morpholine rings is 1. The lowest BCUT2D eigenvalue weighted by Gasteiger charge is -2.29. The summed E-state index contributed by atoms with van der Waals surface area (Å²) in [6.07, 6.45) is 1.63. The van der Waals surface area contributed by atoms with E-state index in [2.05, 4.69) is 21.3 Å². The van der Waals surface area contributed by atoms with Crippen LogP contribution in [0.2, 0.25) is 5.02 Å². The van der Waals surface area contributed by atoms with Crippen molar-refractivity contribution in [2.75, 3.05) is 36.5 Å². The second-order valence-electron chi connectivity index (χ2n) is 7.64. The summed E-state index contributed by atoms with van der Waals surface area (Å²) in [4.78, 5) is 20.0. The van der Waals surface area contributed by atoms with E-state index in [1.165, 1.54) is 4.40 Å². The summed E-state index contributed by atoms with van der Waals surface area (Å²) in [7, 11) is 0. The molecular weight excluding hydrogens is 426 g/mol. The van der Waals surface area contributed by atoms with Gasteiger partial charge in [0, 0.05) is 25.0 Å². The summed E-state index contributed by atoms with van der Waals surface area (Å²) >= 11 is 6.53. The first-order valence-corrected chi connectivity index (χ1v) is 10.7. The lowest BCUT2D eigenvalue weighted by molar-refractivity contribution is 0.122. The van der Waals surface area contributed by atoms with Gasteiger partial charge in [-0.3, -0.25) is 9.20 Å². The molecule has 0 radical (unpaired) electrons. The Morgan fingerprint density at radius 3 is 2.75 bits per heavy atom. The van der Waals surface area contributed by atoms with Crippen LogP contribution in [0.25, 0.3) is 22.9 Å². The standard InChI is InChI=1S/C24H20ClN5O2/c1-15-17(13-26)23-28-20-4-2-3-5-22(20)30(23)24(31)18(15)14-27-16-6-7-21(19(25)12-16)29-8-10-32-11-9-29/h2-7,12,14,27H,8-11H2,1H3. The van der Waals surface area contributed by atoms with Gasteiger partial charge in [-0.15, -0.1) is 0 Å². The highest BCUT2D eigenvalue weighted by molar-refractivity contribution is 6.33. The lowest BCUT2D eigenvalue weighted by atomic mass is 10.1. The average Bonchev–Trinajstić information content (AvgIpc) is 3.19. The van der Waals surface area contributed by atoms with Gasteiger partial charge in [0.15, 0.2) is 5.65 Å². The number of para-hydroxylation sites is 2. The van der Waals surface area contributed by atoms with Gasteiger partial charge in [-0.1, -0.05) is 23.7 Å². The molecule has 0 aliphatic carbocycles. The molecule has 0 spiro atoms. The van der Waals surface area contributed by atoms with Crippen molar-refractivity contribution in [3.8, 4) is 6.07 Å². The number of aromatic nitrogens is 2. The smallest absolute Gasteiger partial charge is 0.265 e. The van der Waals surface area contributed by atoms with Gasteiger partial charge >= 0.3 is 0 Å². The second-order valence-corrected chi connectivity index (χ2v) is 8.05. The van der Waals surface area contributed by atoms with Crippen LogP contribution in [0, 0.1) is 18.3 Å². The minimum atomic E-state index is -0.228. The number of rotatable bonds is 3. The molecule has 7 nitrogen and oxygen atoms in total. The third-order valence-corrected chi connectivity index (χ3v) is 6.09. The third kappa shape index (κ3) is 3.34.